The zero-order valence-corrected chi connectivity index (χ0v) is 13.6. The van der Waals surface area contributed by atoms with Crippen LogP contribution in [0.2, 0.25) is 0 Å². The number of allylic oxidation sites excluding steroid dienone is 1. The molecule has 8 heteroatoms. The zero-order chi connectivity index (χ0) is 17.8. The first kappa shape index (κ1) is 16.9. The van der Waals surface area contributed by atoms with Gasteiger partial charge in [0.25, 0.3) is 5.69 Å². The lowest BCUT2D eigenvalue weighted by Crippen LogP contribution is -2.37. The number of hydrogen-bond donors (Lipinski definition) is 0. The SMILES string of the molecule is O=[N+]([O-])c1ccc(N2CCC(OC3=CCC([N+](=O)[O-])C=C3)CC2)cc1. The van der Waals surface area contributed by atoms with Crippen LogP contribution in [0.1, 0.15) is 19.3 Å². The molecular weight excluding hydrogens is 326 g/mol. The second-order valence-electron chi connectivity index (χ2n) is 6.13. The molecule has 1 unspecified atom stereocenters. The first-order valence-corrected chi connectivity index (χ1v) is 8.21. The van der Waals surface area contributed by atoms with E-state index < -0.39 is 11.0 Å². The number of hydrogen-bond acceptors (Lipinski definition) is 6. The molecule has 0 bridgehead atoms. The van der Waals surface area contributed by atoms with Crippen molar-refractivity contribution in [2.75, 3.05) is 18.0 Å². The standard InChI is InChI=1S/C17H19N3O5/c21-19(22)14-3-1-13(2-4-14)18-11-9-17(10-12-18)25-16-7-5-15(6-8-16)20(23)24/h1-5,7-8,15,17H,6,9-12H2. The lowest BCUT2D eigenvalue weighted by molar-refractivity contribution is -0.508. The van der Waals surface area contributed by atoms with Gasteiger partial charge in [-0.05, 0) is 30.4 Å². The molecule has 132 valence electrons. The van der Waals surface area contributed by atoms with Crippen LogP contribution >= 0.6 is 0 Å². The number of nitrogens with zero attached hydrogens (tertiary/aromatic N) is 3. The van der Waals surface area contributed by atoms with E-state index in [1.54, 1.807) is 30.4 Å². The molecule has 0 aromatic heterocycles. The smallest absolute Gasteiger partial charge is 0.269 e. The fraction of sp³-hybridized carbons (Fsp3) is 0.412. The monoisotopic (exact) mass is 345 g/mol. The van der Waals surface area contributed by atoms with Gasteiger partial charge in [0.2, 0.25) is 6.04 Å². The van der Waals surface area contributed by atoms with Crippen LogP contribution in [-0.4, -0.2) is 35.1 Å². The number of nitro benzene ring substituents is 1. The van der Waals surface area contributed by atoms with Gasteiger partial charge in [-0.2, -0.15) is 0 Å². The van der Waals surface area contributed by atoms with Gasteiger partial charge < -0.3 is 9.64 Å². The molecule has 1 fully saturated rings. The summed E-state index contributed by atoms with van der Waals surface area (Å²) in [6.45, 7) is 1.61. The van der Waals surface area contributed by atoms with E-state index in [0.717, 1.165) is 31.6 Å². The summed E-state index contributed by atoms with van der Waals surface area (Å²) in [5.74, 6) is 0.701. The van der Waals surface area contributed by atoms with Crippen LogP contribution in [0.25, 0.3) is 0 Å². The molecule has 1 aromatic rings. The summed E-state index contributed by atoms with van der Waals surface area (Å²) in [4.78, 5) is 22.9. The predicted octanol–water partition coefficient (Wildman–Crippen LogP) is 3.07. The second kappa shape index (κ2) is 7.33. The van der Waals surface area contributed by atoms with Crippen LogP contribution in [0.5, 0.6) is 0 Å². The molecule has 2 aliphatic rings. The Morgan fingerprint density at radius 1 is 1.08 bits per heavy atom. The molecule has 1 aliphatic carbocycles. The van der Waals surface area contributed by atoms with Crippen LogP contribution in [-0.2, 0) is 4.74 Å². The number of benzene rings is 1. The van der Waals surface area contributed by atoms with Crippen molar-refractivity contribution in [3.63, 3.8) is 0 Å². The Morgan fingerprint density at radius 3 is 2.28 bits per heavy atom. The molecule has 8 nitrogen and oxygen atoms in total. The van der Waals surface area contributed by atoms with Crippen molar-refractivity contribution >= 4 is 11.4 Å². The molecule has 25 heavy (non-hydrogen) atoms. The predicted molar refractivity (Wildman–Crippen MR) is 92.0 cm³/mol. The maximum absolute atomic E-state index is 10.7. The first-order chi connectivity index (χ1) is 12.0. The number of ether oxygens (including phenoxy) is 1. The maximum atomic E-state index is 10.7. The summed E-state index contributed by atoms with van der Waals surface area (Å²) in [6, 6.07) is 5.91. The van der Waals surface area contributed by atoms with Crippen molar-refractivity contribution in [1.29, 1.82) is 0 Å². The number of rotatable bonds is 5. The molecule has 1 saturated heterocycles. The highest BCUT2D eigenvalue weighted by atomic mass is 16.6. The summed E-state index contributed by atoms with van der Waals surface area (Å²) < 4.78 is 5.93. The quantitative estimate of drug-likeness (QED) is 0.601. The Morgan fingerprint density at radius 2 is 1.76 bits per heavy atom. The van der Waals surface area contributed by atoms with Crippen LogP contribution in [0.15, 0.2) is 48.3 Å². The van der Waals surface area contributed by atoms with Gasteiger partial charge in [-0.3, -0.25) is 20.2 Å². The average molecular weight is 345 g/mol. The summed E-state index contributed by atoms with van der Waals surface area (Å²) in [6.07, 6.45) is 7.14. The number of non-ortho nitro benzene ring substituents is 1. The fourth-order valence-corrected chi connectivity index (χ4v) is 3.04. The third kappa shape index (κ3) is 4.14. The minimum Gasteiger partial charge on any atom is -0.491 e. The van der Waals surface area contributed by atoms with Gasteiger partial charge >= 0.3 is 0 Å². The maximum Gasteiger partial charge on any atom is 0.269 e. The first-order valence-electron chi connectivity index (χ1n) is 8.21. The highest BCUT2D eigenvalue weighted by molar-refractivity contribution is 5.51. The third-order valence-electron chi connectivity index (χ3n) is 4.48. The summed E-state index contributed by atoms with van der Waals surface area (Å²) in [7, 11) is 0. The number of anilines is 1. The van der Waals surface area contributed by atoms with Gasteiger partial charge in [-0.25, -0.2) is 0 Å². The highest BCUT2D eigenvalue weighted by Crippen LogP contribution is 2.25. The molecular formula is C17H19N3O5. The minimum atomic E-state index is -0.656. The molecule has 0 saturated carbocycles. The van der Waals surface area contributed by atoms with Crippen LogP contribution < -0.4 is 4.90 Å². The normalized spacial score (nSPS) is 20.9. The molecule has 1 aromatic carbocycles. The third-order valence-corrected chi connectivity index (χ3v) is 4.48. The summed E-state index contributed by atoms with van der Waals surface area (Å²) in [5.41, 5.74) is 1.06. The topological polar surface area (TPSA) is 98.8 Å². The van der Waals surface area contributed by atoms with Crippen LogP contribution in [0.3, 0.4) is 0 Å². The summed E-state index contributed by atoms with van der Waals surface area (Å²) in [5, 5.41) is 21.4. The Bertz CT molecular complexity index is 705. The highest BCUT2D eigenvalue weighted by Gasteiger charge is 2.24. The second-order valence-corrected chi connectivity index (χ2v) is 6.13. The van der Waals surface area contributed by atoms with E-state index in [-0.39, 0.29) is 16.7 Å². The van der Waals surface area contributed by atoms with Gasteiger partial charge in [0.15, 0.2) is 0 Å². The molecule has 3 rings (SSSR count). The molecule has 0 amide bonds. The molecule has 0 N–H and O–H groups in total. The molecule has 0 spiro atoms. The van der Waals surface area contributed by atoms with Gasteiger partial charge in [-0.15, -0.1) is 0 Å². The van der Waals surface area contributed by atoms with Crippen LogP contribution in [0.4, 0.5) is 11.4 Å². The summed E-state index contributed by atoms with van der Waals surface area (Å²) >= 11 is 0. The van der Waals surface area contributed by atoms with Crippen LogP contribution in [0, 0.1) is 20.2 Å². The van der Waals surface area contributed by atoms with Crippen molar-refractivity contribution in [2.45, 2.75) is 31.4 Å². The van der Waals surface area contributed by atoms with E-state index in [0.29, 0.717) is 12.2 Å². The van der Waals surface area contributed by atoms with E-state index in [9.17, 15) is 20.2 Å². The average Bonchev–Trinajstić information content (AvgIpc) is 2.63. The van der Waals surface area contributed by atoms with Gasteiger partial charge in [0, 0.05) is 55.1 Å². The lowest BCUT2D eigenvalue weighted by Gasteiger charge is -2.34. The van der Waals surface area contributed by atoms with Crippen molar-refractivity contribution in [3.8, 4) is 0 Å². The van der Waals surface area contributed by atoms with Crippen molar-refractivity contribution in [2.24, 2.45) is 0 Å². The zero-order valence-electron chi connectivity index (χ0n) is 13.6. The van der Waals surface area contributed by atoms with Crippen molar-refractivity contribution < 1.29 is 14.6 Å². The van der Waals surface area contributed by atoms with Gasteiger partial charge in [0.05, 0.1) is 4.92 Å². The largest absolute Gasteiger partial charge is 0.491 e. The minimum absolute atomic E-state index is 0.0809. The van der Waals surface area contributed by atoms with E-state index in [2.05, 4.69) is 4.90 Å². The Hall–Kier alpha value is -2.90. The Balaban J connectivity index is 1.50. The number of piperidine rings is 1. The van der Waals surface area contributed by atoms with Crippen molar-refractivity contribution in [3.05, 3.63) is 68.5 Å². The van der Waals surface area contributed by atoms with Gasteiger partial charge in [-0.1, -0.05) is 0 Å². The van der Waals surface area contributed by atoms with E-state index in [1.165, 1.54) is 12.1 Å². The fourth-order valence-electron chi connectivity index (χ4n) is 3.04. The van der Waals surface area contributed by atoms with E-state index in [4.69, 9.17) is 4.74 Å². The Labute approximate surface area is 144 Å². The lowest BCUT2D eigenvalue weighted by atomic mass is 10.1. The van der Waals surface area contributed by atoms with Crippen molar-refractivity contribution in [1.82, 2.24) is 0 Å². The van der Waals surface area contributed by atoms with Gasteiger partial charge in [0.1, 0.15) is 11.9 Å². The number of nitro groups is 2. The Kier molecular flexibility index (Phi) is 4.97. The molecule has 1 aliphatic heterocycles. The van der Waals surface area contributed by atoms with E-state index >= 15 is 0 Å². The molecule has 1 atom stereocenters. The molecule has 0 radical (unpaired) electrons. The van der Waals surface area contributed by atoms with E-state index in [1.807, 2.05) is 0 Å². The molecule has 1 heterocycles.